The Morgan fingerprint density at radius 2 is 1.94 bits per heavy atom. The predicted molar refractivity (Wildman–Crippen MR) is 131 cm³/mol. The second kappa shape index (κ2) is 10.7. The molecule has 1 fully saturated rings. The van der Waals surface area contributed by atoms with Crippen molar-refractivity contribution in [3.63, 3.8) is 0 Å². The Labute approximate surface area is 204 Å². The number of hydrogen-bond acceptors (Lipinski definition) is 8. The molecule has 2 aliphatic rings. The third kappa shape index (κ3) is 5.04. The minimum atomic E-state index is -0.0798. The van der Waals surface area contributed by atoms with Crippen molar-refractivity contribution in [2.24, 2.45) is 0 Å². The summed E-state index contributed by atoms with van der Waals surface area (Å²) in [6.07, 6.45) is 6.72. The molecule has 3 aromatic rings. The maximum atomic E-state index is 13.2. The van der Waals surface area contributed by atoms with Crippen LogP contribution < -0.4 is 15.0 Å². The Morgan fingerprint density at radius 1 is 1.17 bits per heavy atom. The van der Waals surface area contributed by atoms with Gasteiger partial charge in [0.05, 0.1) is 24.7 Å². The zero-order valence-corrected chi connectivity index (χ0v) is 20.5. The molecular weight excluding hydrogens is 448 g/mol. The Balaban J connectivity index is 1.50. The molecule has 0 saturated heterocycles. The predicted octanol–water partition coefficient (Wildman–Crippen LogP) is 3.22. The molecule has 2 aromatic heterocycles. The van der Waals surface area contributed by atoms with E-state index in [1.807, 2.05) is 22.9 Å². The number of pyridine rings is 1. The summed E-state index contributed by atoms with van der Waals surface area (Å²) in [7, 11) is 1.68. The highest BCUT2D eigenvalue weighted by Crippen LogP contribution is 2.35. The molecule has 1 atom stereocenters. The summed E-state index contributed by atoms with van der Waals surface area (Å²) < 4.78 is 18.5. The molecule has 0 unspecified atom stereocenters. The van der Waals surface area contributed by atoms with Gasteiger partial charge in [0, 0.05) is 36.7 Å². The molecule has 1 N–H and O–H groups in total. The number of methoxy groups -OCH3 is 1. The van der Waals surface area contributed by atoms with E-state index in [-0.39, 0.29) is 11.6 Å². The third-order valence-corrected chi connectivity index (χ3v) is 7.13. The Bertz CT molecular complexity index is 1200. The molecule has 0 spiro atoms. The van der Waals surface area contributed by atoms with E-state index in [1.165, 1.54) is 19.3 Å². The van der Waals surface area contributed by atoms with Crippen LogP contribution in [0.3, 0.4) is 0 Å². The van der Waals surface area contributed by atoms with Gasteiger partial charge in [-0.2, -0.15) is 0 Å². The summed E-state index contributed by atoms with van der Waals surface area (Å²) in [5.41, 5.74) is 1.40. The molecule has 0 bridgehead atoms. The van der Waals surface area contributed by atoms with Gasteiger partial charge in [-0.15, -0.1) is 5.10 Å². The van der Waals surface area contributed by atoms with Gasteiger partial charge in [0.15, 0.2) is 17.3 Å². The standard InChI is InChI=1S/C25H34N6O4/c1-3-21(24-27-28-29-31(24)9-10-33-2)30(19-7-5-4-6-8-19)16-18-13-17-14-22-23(35-12-11-34-22)15-20(17)26-25(18)32/h13-15,19,21H,3-12,16H2,1-2H3,(H,26,32)/t21-/m0/s1. The van der Waals surface area contributed by atoms with E-state index in [0.717, 1.165) is 47.3 Å². The number of benzene rings is 1. The molecule has 3 heterocycles. The molecule has 35 heavy (non-hydrogen) atoms. The van der Waals surface area contributed by atoms with Crippen LogP contribution in [0.15, 0.2) is 23.0 Å². The van der Waals surface area contributed by atoms with Crippen molar-refractivity contribution < 1.29 is 14.2 Å². The van der Waals surface area contributed by atoms with Crippen molar-refractivity contribution in [3.05, 3.63) is 39.9 Å². The first kappa shape index (κ1) is 23.7. The van der Waals surface area contributed by atoms with E-state index < -0.39 is 0 Å². The number of tetrazole rings is 1. The molecule has 1 aliphatic carbocycles. The second-order valence-corrected chi connectivity index (χ2v) is 9.35. The van der Waals surface area contributed by atoms with E-state index >= 15 is 0 Å². The number of aromatic nitrogens is 5. The van der Waals surface area contributed by atoms with Crippen molar-refractivity contribution in [2.45, 2.75) is 70.6 Å². The number of H-pyrrole nitrogens is 1. The van der Waals surface area contributed by atoms with Gasteiger partial charge in [0.2, 0.25) is 0 Å². The van der Waals surface area contributed by atoms with Gasteiger partial charge in [0.1, 0.15) is 13.2 Å². The highest BCUT2D eigenvalue weighted by atomic mass is 16.6. The van der Waals surface area contributed by atoms with E-state index in [1.54, 1.807) is 7.11 Å². The van der Waals surface area contributed by atoms with Crippen LogP contribution in [-0.2, 0) is 17.8 Å². The van der Waals surface area contributed by atoms with Gasteiger partial charge in [-0.05, 0) is 41.8 Å². The Hall–Kier alpha value is -2.98. The minimum absolute atomic E-state index is 0.000296. The maximum Gasteiger partial charge on any atom is 0.252 e. The zero-order valence-electron chi connectivity index (χ0n) is 20.5. The highest BCUT2D eigenvalue weighted by Gasteiger charge is 2.32. The first-order chi connectivity index (χ1) is 17.2. The molecule has 0 amide bonds. The van der Waals surface area contributed by atoms with Crippen LogP contribution in [0, 0.1) is 0 Å². The van der Waals surface area contributed by atoms with E-state index in [9.17, 15) is 4.79 Å². The molecule has 1 aromatic carbocycles. The molecule has 10 heteroatoms. The van der Waals surface area contributed by atoms with Gasteiger partial charge in [-0.3, -0.25) is 9.69 Å². The third-order valence-electron chi connectivity index (χ3n) is 7.13. The van der Waals surface area contributed by atoms with Crippen molar-refractivity contribution in [3.8, 4) is 11.5 Å². The average Bonchev–Trinajstić information content (AvgIpc) is 3.35. The van der Waals surface area contributed by atoms with Crippen LogP contribution in [0.25, 0.3) is 10.9 Å². The Morgan fingerprint density at radius 3 is 2.69 bits per heavy atom. The normalized spacial score (nSPS) is 17.2. The monoisotopic (exact) mass is 482 g/mol. The van der Waals surface area contributed by atoms with Crippen LogP contribution in [0.5, 0.6) is 11.5 Å². The molecule has 10 nitrogen and oxygen atoms in total. The number of nitrogens with zero attached hydrogens (tertiary/aromatic N) is 5. The lowest BCUT2D eigenvalue weighted by molar-refractivity contribution is 0.0826. The number of aromatic amines is 1. The van der Waals surface area contributed by atoms with Crippen LogP contribution in [0.1, 0.15) is 62.9 Å². The summed E-state index contributed by atoms with van der Waals surface area (Å²) in [4.78, 5) is 18.7. The van der Waals surface area contributed by atoms with E-state index in [4.69, 9.17) is 14.2 Å². The fraction of sp³-hybridized carbons (Fsp3) is 0.600. The number of nitrogens with one attached hydrogen (secondary N) is 1. The summed E-state index contributed by atoms with van der Waals surface area (Å²) in [6, 6.07) is 6.17. The molecule has 5 rings (SSSR count). The number of fused-ring (bicyclic) bond motifs is 2. The van der Waals surface area contributed by atoms with Crippen molar-refractivity contribution >= 4 is 10.9 Å². The molecule has 1 saturated carbocycles. The van der Waals surface area contributed by atoms with Crippen molar-refractivity contribution in [1.29, 1.82) is 0 Å². The van der Waals surface area contributed by atoms with Crippen LogP contribution in [-0.4, -0.2) is 63.1 Å². The number of ether oxygens (including phenoxy) is 3. The van der Waals surface area contributed by atoms with Gasteiger partial charge < -0.3 is 19.2 Å². The zero-order chi connectivity index (χ0) is 24.2. The van der Waals surface area contributed by atoms with Gasteiger partial charge in [-0.25, -0.2) is 4.68 Å². The van der Waals surface area contributed by atoms with Crippen molar-refractivity contribution in [1.82, 2.24) is 30.1 Å². The highest BCUT2D eigenvalue weighted by molar-refractivity contribution is 5.83. The van der Waals surface area contributed by atoms with E-state index in [2.05, 4.69) is 32.3 Å². The topological polar surface area (TPSA) is 107 Å². The molecule has 0 radical (unpaired) electrons. The largest absolute Gasteiger partial charge is 0.486 e. The second-order valence-electron chi connectivity index (χ2n) is 9.35. The summed E-state index contributed by atoms with van der Waals surface area (Å²) in [5, 5.41) is 13.5. The van der Waals surface area contributed by atoms with Crippen LogP contribution in [0.2, 0.25) is 0 Å². The summed E-state index contributed by atoms with van der Waals surface area (Å²) in [5.74, 6) is 2.21. The average molecular weight is 483 g/mol. The molecule has 188 valence electrons. The van der Waals surface area contributed by atoms with Gasteiger partial charge in [0.25, 0.3) is 5.56 Å². The SMILES string of the molecule is CC[C@@H](c1nnnn1CCOC)N(Cc1cc2cc3c(cc2[nH]c1=O)OCCO3)C1CCCCC1. The lowest BCUT2D eigenvalue weighted by Crippen LogP contribution is -2.41. The minimum Gasteiger partial charge on any atom is -0.486 e. The fourth-order valence-electron chi connectivity index (χ4n) is 5.36. The lowest BCUT2D eigenvalue weighted by Gasteiger charge is -2.39. The fourth-order valence-corrected chi connectivity index (χ4v) is 5.36. The summed E-state index contributed by atoms with van der Waals surface area (Å²) >= 11 is 0. The number of hydrogen-bond donors (Lipinski definition) is 1. The lowest BCUT2D eigenvalue weighted by atomic mass is 9.92. The van der Waals surface area contributed by atoms with Gasteiger partial charge in [-0.1, -0.05) is 26.2 Å². The first-order valence-corrected chi connectivity index (χ1v) is 12.6. The number of rotatable bonds is 9. The van der Waals surface area contributed by atoms with Crippen LogP contribution in [0.4, 0.5) is 0 Å². The van der Waals surface area contributed by atoms with Crippen LogP contribution >= 0.6 is 0 Å². The maximum absolute atomic E-state index is 13.2. The van der Waals surface area contributed by atoms with Crippen molar-refractivity contribution in [2.75, 3.05) is 26.9 Å². The van der Waals surface area contributed by atoms with Gasteiger partial charge >= 0.3 is 0 Å². The Kier molecular flexibility index (Phi) is 7.29. The smallest absolute Gasteiger partial charge is 0.252 e. The molecule has 1 aliphatic heterocycles. The van der Waals surface area contributed by atoms with E-state index in [0.29, 0.717) is 44.7 Å². The molecular formula is C25H34N6O4. The quantitative estimate of drug-likeness (QED) is 0.495. The summed E-state index contributed by atoms with van der Waals surface area (Å²) in [6.45, 7) is 4.86. The first-order valence-electron chi connectivity index (χ1n) is 12.6.